The summed E-state index contributed by atoms with van der Waals surface area (Å²) in [5, 5.41) is 6.44. The van der Waals surface area contributed by atoms with Crippen LogP contribution in [0.15, 0.2) is 29.0 Å². The van der Waals surface area contributed by atoms with Crippen molar-refractivity contribution in [2.75, 3.05) is 12.8 Å². The van der Waals surface area contributed by atoms with Crippen LogP contribution in [0.3, 0.4) is 0 Å². The van der Waals surface area contributed by atoms with Crippen molar-refractivity contribution in [3.8, 4) is 0 Å². The Morgan fingerprint density at radius 3 is 3.00 bits per heavy atom. The second-order valence-electron chi connectivity index (χ2n) is 3.83. The average molecular weight is 310 g/mol. The summed E-state index contributed by atoms with van der Waals surface area (Å²) in [5.41, 5.74) is 6.76. The van der Waals surface area contributed by atoms with Gasteiger partial charge in [-0.1, -0.05) is 0 Å². The first-order valence-electron chi connectivity index (χ1n) is 5.22. The highest BCUT2D eigenvalue weighted by Crippen LogP contribution is 2.21. The lowest BCUT2D eigenvalue weighted by atomic mass is 10.2. The minimum Gasteiger partial charge on any atom is -0.399 e. The molecule has 0 atom stereocenters. The topological polar surface area (TPSA) is 87.9 Å². The molecule has 0 saturated carbocycles. The molecule has 1 heterocycles. The standard InChI is InChI=1S/C11H12BrN5O/c1-17(5-10-14-6-15-16-10)11(18)8-4-7(13)2-3-9(8)12/h2-4,6H,5,13H2,1H3,(H,14,15,16). The smallest absolute Gasteiger partial charge is 0.255 e. The third kappa shape index (κ3) is 2.67. The van der Waals surface area contributed by atoms with E-state index in [0.717, 1.165) is 0 Å². The number of hydrogen-bond donors (Lipinski definition) is 2. The number of anilines is 1. The fourth-order valence-corrected chi connectivity index (χ4v) is 1.93. The van der Waals surface area contributed by atoms with Gasteiger partial charge >= 0.3 is 0 Å². The molecule has 0 aliphatic carbocycles. The first-order valence-corrected chi connectivity index (χ1v) is 6.02. The van der Waals surface area contributed by atoms with Crippen molar-refractivity contribution >= 4 is 27.5 Å². The maximum Gasteiger partial charge on any atom is 0.255 e. The third-order valence-corrected chi connectivity index (χ3v) is 3.11. The summed E-state index contributed by atoms with van der Waals surface area (Å²) in [5.74, 6) is 0.497. The van der Waals surface area contributed by atoms with Gasteiger partial charge in [0.25, 0.3) is 5.91 Å². The largest absolute Gasteiger partial charge is 0.399 e. The highest BCUT2D eigenvalue weighted by molar-refractivity contribution is 9.10. The molecule has 0 spiro atoms. The number of aromatic amines is 1. The van der Waals surface area contributed by atoms with Crippen LogP contribution in [0.5, 0.6) is 0 Å². The number of amides is 1. The molecule has 2 rings (SSSR count). The van der Waals surface area contributed by atoms with E-state index >= 15 is 0 Å². The Labute approximate surface area is 112 Å². The number of rotatable bonds is 3. The number of nitrogen functional groups attached to an aromatic ring is 1. The van der Waals surface area contributed by atoms with E-state index in [-0.39, 0.29) is 5.91 Å². The Morgan fingerprint density at radius 1 is 1.56 bits per heavy atom. The second-order valence-corrected chi connectivity index (χ2v) is 4.69. The predicted octanol–water partition coefficient (Wildman–Crippen LogP) is 1.42. The molecule has 0 saturated heterocycles. The molecule has 0 fully saturated rings. The fraction of sp³-hybridized carbons (Fsp3) is 0.182. The number of nitrogens with zero attached hydrogens (tertiary/aromatic N) is 3. The van der Waals surface area contributed by atoms with Crippen molar-refractivity contribution in [1.29, 1.82) is 0 Å². The number of halogens is 1. The molecular weight excluding hydrogens is 298 g/mol. The van der Waals surface area contributed by atoms with Gasteiger partial charge < -0.3 is 10.6 Å². The fourth-order valence-electron chi connectivity index (χ4n) is 1.52. The van der Waals surface area contributed by atoms with Crippen molar-refractivity contribution in [1.82, 2.24) is 20.1 Å². The van der Waals surface area contributed by atoms with E-state index in [4.69, 9.17) is 5.73 Å². The molecule has 0 unspecified atom stereocenters. The number of hydrogen-bond acceptors (Lipinski definition) is 4. The number of aromatic nitrogens is 3. The van der Waals surface area contributed by atoms with E-state index in [1.165, 1.54) is 6.33 Å². The molecule has 18 heavy (non-hydrogen) atoms. The molecule has 1 amide bonds. The first-order chi connectivity index (χ1) is 8.58. The number of H-pyrrole nitrogens is 1. The van der Waals surface area contributed by atoms with Gasteiger partial charge in [0, 0.05) is 17.2 Å². The quantitative estimate of drug-likeness (QED) is 0.839. The van der Waals surface area contributed by atoms with E-state index in [2.05, 4.69) is 31.1 Å². The molecule has 1 aromatic carbocycles. The minimum atomic E-state index is -0.134. The molecule has 6 nitrogen and oxygen atoms in total. The van der Waals surface area contributed by atoms with E-state index < -0.39 is 0 Å². The lowest BCUT2D eigenvalue weighted by molar-refractivity contribution is 0.0781. The zero-order valence-corrected chi connectivity index (χ0v) is 11.3. The van der Waals surface area contributed by atoms with Gasteiger partial charge in [0.1, 0.15) is 12.2 Å². The van der Waals surface area contributed by atoms with Crippen LogP contribution in [0, 0.1) is 0 Å². The van der Waals surface area contributed by atoms with E-state index in [9.17, 15) is 4.79 Å². The monoisotopic (exact) mass is 309 g/mol. The van der Waals surface area contributed by atoms with Gasteiger partial charge in [-0.05, 0) is 34.1 Å². The van der Waals surface area contributed by atoms with Gasteiger partial charge in [0.2, 0.25) is 0 Å². The highest BCUT2D eigenvalue weighted by atomic mass is 79.9. The number of nitrogens with two attached hydrogens (primary N) is 1. The Morgan fingerprint density at radius 2 is 2.33 bits per heavy atom. The number of benzene rings is 1. The Kier molecular flexibility index (Phi) is 3.61. The van der Waals surface area contributed by atoms with E-state index in [0.29, 0.717) is 28.1 Å². The average Bonchev–Trinajstić information content (AvgIpc) is 2.84. The number of nitrogens with one attached hydrogen (secondary N) is 1. The van der Waals surface area contributed by atoms with Gasteiger partial charge in [0.05, 0.1) is 12.1 Å². The van der Waals surface area contributed by atoms with E-state index in [1.807, 2.05) is 0 Å². The van der Waals surface area contributed by atoms with Crippen molar-refractivity contribution in [3.63, 3.8) is 0 Å². The van der Waals surface area contributed by atoms with Crippen LogP contribution in [-0.2, 0) is 6.54 Å². The van der Waals surface area contributed by atoms with Crippen LogP contribution in [0.25, 0.3) is 0 Å². The molecule has 1 aromatic heterocycles. The van der Waals surface area contributed by atoms with Gasteiger partial charge in [0.15, 0.2) is 0 Å². The summed E-state index contributed by atoms with van der Waals surface area (Å²) in [7, 11) is 1.69. The molecule has 2 aromatic rings. The maximum atomic E-state index is 12.2. The normalized spacial score (nSPS) is 10.3. The summed E-state index contributed by atoms with van der Waals surface area (Å²) in [6.07, 6.45) is 1.41. The van der Waals surface area contributed by atoms with E-state index in [1.54, 1.807) is 30.1 Å². The molecule has 0 aliphatic heterocycles. The molecule has 94 valence electrons. The third-order valence-electron chi connectivity index (χ3n) is 2.42. The Bertz CT molecular complexity index is 555. The molecule has 0 radical (unpaired) electrons. The zero-order valence-electron chi connectivity index (χ0n) is 9.72. The molecule has 0 bridgehead atoms. The summed E-state index contributed by atoms with van der Waals surface area (Å²) >= 11 is 3.34. The van der Waals surface area contributed by atoms with Gasteiger partial charge in [-0.25, -0.2) is 4.98 Å². The van der Waals surface area contributed by atoms with Gasteiger partial charge in [-0.2, -0.15) is 5.10 Å². The van der Waals surface area contributed by atoms with Crippen molar-refractivity contribution in [3.05, 3.63) is 40.4 Å². The summed E-state index contributed by atoms with van der Waals surface area (Å²) in [6.45, 7) is 0.361. The van der Waals surface area contributed by atoms with Crippen LogP contribution in [0.4, 0.5) is 5.69 Å². The van der Waals surface area contributed by atoms with Crippen LogP contribution < -0.4 is 5.73 Å². The molecular formula is C11H12BrN5O. The SMILES string of the molecule is CN(Cc1ncn[nH]1)C(=O)c1cc(N)ccc1Br. The van der Waals surface area contributed by atoms with Crippen LogP contribution in [0.2, 0.25) is 0 Å². The van der Waals surface area contributed by atoms with Gasteiger partial charge in [-0.15, -0.1) is 0 Å². The maximum absolute atomic E-state index is 12.2. The van der Waals surface area contributed by atoms with Crippen LogP contribution in [0.1, 0.15) is 16.2 Å². The summed E-state index contributed by atoms with van der Waals surface area (Å²) < 4.78 is 0.714. The summed E-state index contributed by atoms with van der Waals surface area (Å²) in [6, 6.07) is 5.13. The lowest BCUT2D eigenvalue weighted by Gasteiger charge is -2.16. The molecule has 3 N–H and O–H groups in total. The van der Waals surface area contributed by atoms with Crippen LogP contribution in [-0.4, -0.2) is 33.0 Å². The predicted molar refractivity (Wildman–Crippen MR) is 70.7 cm³/mol. The van der Waals surface area contributed by atoms with Crippen molar-refractivity contribution in [2.24, 2.45) is 0 Å². The number of carbonyl (C=O) groups is 1. The summed E-state index contributed by atoms with van der Waals surface area (Å²) in [4.78, 5) is 17.7. The highest BCUT2D eigenvalue weighted by Gasteiger charge is 2.16. The van der Waals surface area contributed by atoms with Crippen molar-refractivity contribution in [2.45, 2.75) is 6.54 Å². The molecule has 7 heteroatoms. The second kappa shape index (κ2) is 5.18. The molecule has 0 aliphatic rings. The first kappa shape index (κ1) is 12.6. The van der Waals surface area contributed by atoms with Gasteiger partial charge in [-0.3, -0.25) is 9.89 Å². The minimum absolute atomic E-state index is 0.134. The lowest BCUT2D eigenvalue weighted by Crippen LogP contribution is -2.27. The Balaban J connectivity index is 2.17. The van der Waals surface area contributed by atoms with Crippen molar-refractivity contribution < 1.29 is 4.79 Å². The number of carbonyl (C=O) groups excluding carboxylic acids is 1. The zero-order chi connectivity index (χ0) is 13.1. The Hall–Kier alpha value is -1.89. The van der Waals surface area contributed by atoms with Crippen LogP contribution >= 0.6 is 15.9 Å².